The van der Waals surface area contributed by atoms with Crippen LogP contribution in [0.4, 0.5) is 5.69 Å². The van der Waals surface area contributed by atoms with Gasteiger partial charge in [-0.05, 0) is 60.7 Å². The molecular formula is C26H17ClN6O3S2. The van der Waals surface area contributed by atoms with Gasteiger partial charge < -0.3 is 4.57 Å². The molecule has 0 saturated carbocycles. The lowest BCUT2D eigenvalue weighted by atomic mass is 10.2. The van der Waals surface area contributed by atoms with E-state index in [4.69, 9.17) is 11.6 Å². The third-order valence-electron chi connectivity index (χ3n) is 5.95. The Kier molecular flexibility index (Phi) is 6.18. The van der Waals surface area contributed by atoms with Gasteiger partial charge in [0, 0.05) is 34.2 Å². The number of halogens is 1. The molecule has 3 aromatic carbocycles. The van der Waals surface area contributed by atoms with Crippen LogP contribution < -0.4 is 10.1 Å². The molecule has 0 amide bonds. The number of hydrogen-bond acceptors (Lipinski definition) is 8. The number of aromatic nitrogens is 5. The van der Waals surface area contributed by atoms with Crippen molar-refractivity contribution in [1.82, 2.24) is 24.1 Å². The van der Waals surface area contributed by atoms with Gasteiger partial charge in [-0.1, -0.05) is 47.2 Å². The van der Waals surface area contributed by atoms with Crippen LogP contribution in [0, 0.1) is 10.1 Å². The van der Waals surface area contributed by atoms with Crippen molar-refractivity contribution >= 4 is 62.5 Å². The number of fused-ring (bicyclic) bond motifs is 3. The maximum atomic E-state index is 13.3. The van der Waals surface area contributed by atoms with Crippen LogP contribution in [0.25, 0.3) is 33.5 Å². The number of hydrogen-bond donors (Lipinski definition) is 0. The van der Waals surface area contributed by atoms with Gasteiger partial charge in [-0.2, -0.15) is 0 Å². The molecule has 0 radical (unpaired) electrons. The number of nitro groups is 1. The van der Waals surface area contributed by atoms with Crippen molar-refractivity contribution in [2.75, 3.05) is 0 Å². The number of rotatable bonds is 6. The summed E-state index contributed by atoms with van der Waals surface area (Å²) in [5.74, 6) is 0.665. The summed E-state index contributed by atoms with van der Waals surface area (Å²) >= 11 is 8.75. The Hall–Kier alpha value is -4.06. The van der Waals surface area contributed by atoms with E-state index in [2.05, 4.69) is 15.2 Å². The lowest BCUT2D eigenvalue weighted by molar-refractivity contribution is -0.384. The summed E-state index contributed by atoms with van der Waals surface area (Å²) in [6, 6.07) is 19.4. The number of nitro benzene ring substituents is 1. The summed E-state index contributed by atoms with van der Waals surface area (Å²) in [6.45, 7) is 2.59. The minimum Gasteiger partial charge on any atom is -0.302 e. The van der Waals surface area contributed by atoms with Crippen molar-refractivity contribution in [3.05, 3.63) is 102 Å². The Morgan fingerprint density at radius 1 is 1.11 bits per heavy atom. The number of nitrogens with zero attached hydrogens (tertiary/aromatic N) is 6. The highest BCUT2D eigenvalue weighted by Gasteiger charge is 2.18. The monoisotopic (exact) mass is 560 g/mol. The molecule has 9 nitrogen and oxygen atoms in total. The van der Waals surface area contributed by atoms with Crippen LogP contribution in [0.3, 0.4) is 0 Å². The topological polar surface area (TPSA) is 108 Å². The van der Waals surface area contributed by atoms with Crippen molar-refractivity contribution in [3.8, 4) is 11.4 Å². The van der Waals surface area contributed by atoms with Crippen LogP contribution in [0.15, 0.2) is 81.6 Å². The summed E-state index contributed by atoms with van der Waals surface area (Å²) in [5.41, 5.74) is 2.53. The van der Waals surface area contributed by atoms with Crippen LogP contribution in [0.2, 0.25) is 5.02 Å². The third kappa shape index (κ3) is 4.24. The molecule has 188 valence electrons. The molecule has 0 aliphatic rings. The van der Waals surface area contributed by atoms with E-state index in [1.807, 2.05) is 54.0 Å². The van der Waals surface area contributed by atoms with Crippen molar-refractivity contribution < 1.29 is 4.92 Å². The first-order chi connectivity index (χ1) is 18.4. The predicted molar refractivity (Wildman–Crippen MR) is 149 cm³/mol. The fourth-order valence-electron chi connectivity index (χ4n) is 4.20. The van der Waals surface area contributed by atoms with E-state index in [9.17, 15) is 14.9 Å². The zero-order chi connectivity index (χ0) is 26.4. The minimum absolute atomic E-state index is 0.0728. The van der Waals surface area contributed by atoms with Crippen LogP contribution >= 0.6 is 34.7 Å². The molecule has 0 bridgehead atoms. The number of thiazole rings is 1. The molecule has 0 saturated heterocycles. The maximum absolute atomic E-state index is 13.3. The van der Waals surface area contributed by atoms with Crippen molar-refractivity contribution in [3.63, 3.8) is 0 Å². The third-order valence-corrected chi connectivity index (χ3v) is 8.23. The van der Waals surface area contributed by atoms with Crippen molar-refractivity contribution in [2.24, 2.45) is 0 Å². The Morgan fingerprint density at radius 2 is 1.95 bits per heavy atom. The quantitative estimate of drug-likeness (QED) is 0.197. The van der Waals surface area contributed by atoms with Crippen LogP contribution in [0.1, 0.15) is 12.5 Å². The van der Waals surface area contributed by atoms with Gasteiger partial charge in [0.1, 0.15) is 0 Å². The second-order valence-corrected chi connectivity index (χ2v) is 10.7. The fraction of sp³-hybridized carbons (Fsp3) is 0.0769. The molecule has 3 aromatic heterocycles. The largest absolute Gasteiger partial charge is 0.302 e. The average Bonchev–Trinajstić information content (AvgIpc) is 3.57. The van der Waals surface area contributed by atoms with Gasteiger partial charge in [-0.25, -0.2) is 9.38 Å². The molecule has 0 atom stereocenters. The van der Waals surface area contributed by atoms with Gasteiger partial charge in [-0.15, -0.1) is 10.2 Å². The van der Waals surface area contributed by atoms with Crippen molar-refractivity contribution in [1.29, 1.82) is 0 Å². The van der Waals surface area contributed by atoms with E-state index in [0.29, 0.717) is 42.5 Å². The normalized spacial score (nSPS) is 12.1. The highest BCUT2D eigenvalue weighted by molar-refractivity contribution is 7.99. The van der Waals surface area contributed by atoms with E-state index >= 15 is 0 Å². The SMILES string of the molecule is CCn1c(Sc2ccc([N+](=O)[O-])cc2/C=c2/sc3nc4ccccc4n3c2=O)nnc1-c1cccc(Cl)c1. The van der Waals surface area contributed by atoms with E-state index in [1.54, 1.807) is 22.6 Å². The number of benzene rings is 3. The fourth-order valence-corrected chi connectivity index (χ4v) is 6.34. The summed E-state index contributed by atoms with van der Waals surface area (Å²) in [5, 5.41) is 21.5. The molecule has 0 fully saturated rings. The average molecular weight is 561 g/mol. The predicted octanol–water partition coefficient (Wildman–Crippen LogP) is 5.45. The van der Waals surface area contributed by atoms with Gasteiger partial charge in [0.05, 0.1) is 20.5 Å². The zero-order valence-electron chi connectivity index (χ0n) is 19.7. The standard InChI is InChI=1S/C26H17ClN6O3S2/c1-2-31-23(15-6-5-7-17(27)12-15)29-30-26(31)37-21-11-10-18(33(35)36)13-16(21)14-22-24(34)32-20-9-4-3-8-19(20)28-25(32)38-22/h3-14H,2H2,1H3/b22-14+. The van der Waals surface area contributed by atoms with E-state index < -0.39 is 4.92 Å². The minimum atomic E-state index is -0.454. The first-order valence-corrected chi connectivity index (χ1v) is 13.5. The highest BCUT2D eigenvalue weighted by atomic mass is 35.5. The van der Waals surface area contributed by atoms with Gasteiger partial charge in [0.15, 0.2) is 15.9 Å². The summed E-state index contributed by atoms with van der Waals surface area (Å²) in [7, 11) is 0. The molecule has 38 heavy (non-hydrogen) atoms. The second kappa shape index (κ2) is 9.67. The van der Waals surface area contributed by atoms with Gasteiger partial charge in [0.25, 0.3) is 11.2 Å². The molecule has 0 aliphatic heterocycles. The second-order valence-electron chi connectivity index (χ2n) is 8.28. The summed E-state index contributed by atoms with van der Waals surface area (Å²) in [4.78, 5) is 30.2. The van der Waals surface area contributed by atoms with Crippen molar-refractivity contribution in [2.45, 2.75) is 23.5 Å². The molecule has 0 aliphatic carbocycles. The van der Waals surface area contributed by atoms with Crippen LogP contribution in [-0.4, -0.2) is 29.1 Å². The lowest BCUT2D eigenvalue weighted by Crippen LogP contribution is -2.22. The Balaban J connectivity index is 1.47. The summed E-state index contributed by atoms with van der Waals surface area (Å²) in [6.07, 6.45) is 1.68. The Morgan fingerprint density at radius 3 is 2.74 bits per heavy atom. The van der Waals surface area contributed by atoms with Gasteiger partial charge in [0.2, 0.25) is 0 Å². The number of para-hydroxylation sites is 2. The molecule has 12 heteroatoms. The van der Waals surface area contributed by atoms with E-state index in [-0.39, 0.29) is 11.2 Å². The molecule has 0 N–H and O–H groups in total. The number of imidazole rings is 1. The molecule has 6 rings (SSSR count). The first-order valence-electron chi connectivity index (χ1n) is 11.5. The first kappa shape index (κ1) is 24.3. The Bertz CT molecular complexity index is 1980. The lowest BCUT2D eigenvalue weighted by Gasteiger charge is -2.09. The van der Waals surface area contributed by atoms with E-state index in [1.165, 1.54) is 35.2 Å². The molecule has 0 unspecified atom stereocenters. The van der Waals surface area contributed by atoms with Gasteiger partial charge >= 0.3 is 0 Å². The number of non-ortho nitro benzene ring substituents is 1. The van der Waals surface area contributed by atoms with E-state index in [0.717, 1.165) is 16.6 Å². The molecule has 3 heterocycles. The summed E-state index contributed by atoms with van der Waals surface area (Å²) < 4.78 is 3.95. The zero-order valence-corrected chi connectivity index (χ0v) is 22.1. The van der Waals surface area contributed by atoms with Crippen LogP contribution in [-0.2, 0) is 6.54 Å². The highest BCUT2D eigenvalue weighted by Crippen LogP contribution is 2.34. The molecule has 0 spiro atoms. The molecular weight excluding hydrogens is 544 g/mol. The maximum Gasteiger partial charge on any atom is 0.274 e. The van der Waals surface area contributed by atoms with Gasteiger partial charge in [-0.3, -0.25) is 14.9 Å². The van der Waals surface area contributed by atoms with Crippen LogP contribution in [0.5, 0.6) is 0 Å². The smallest absolute Gasteiger partial charge is 0.274 e. The molecule has 6 aromatic rings. The Labute approximate surface area is 228 Å².